The Bertz CT molecular complexity index is 858. The maximum absolute atomic E-state index is 9.89. The highest BCUT2D eigenvalue weighted by Crippen LogP contribution is 2.26. The van der Waals surface area contributed by atoms with Crippen LogP contribution in [-0.2, 0) is 0 Å². The Hall–Kier alpha value is -3.43. The number of hydrazone groups is 1. The molecular formula is C11H9N7O3. The van der Waals surface area contributed by atoms with Gasteiger partial charge in [0.15, 0.2) is 5.82 Å². The van der Waals surface area contributed by atoms with E-state index in [1.807, 2.05) is 0 Å². The van der Waals surface area contributed by atoms with Crippen LogP contribution in [0.15, 0.2) is 27.9 Å². The average molecular weight is 287 g/mol. The monoisotopic (exact) mass is 287 g/mol. The third-order valence-corrected chi connectivity index (χ3v) is 2.73. The van der Waals surface area contributed by atoms with Crippen LogP contribution < -0.4 is 11.6 Å². The minimum absolute atomic E-state index is 0.00475. The molecule has 0 amide bonds. The van der Waals surface area contributed by atoms with Gasteiger partial charge in [-0.3, -0.25) is 0 Å². The number of hydrogen-bond donors (Lipinski definition) is 4. The molecule has 10 nitrogen and oxygen atoms in total. The number of nitrogens with zero attached hydrogens (tertiary/aromatic N) is 5. The summed E-state index contributed by atoms with van der Waals surface area (Å²) in [6, 6.07) is 3.92. The van der Waals surface area contributed by atoms with Crippen molar-refractivity contribution in [2.75, 3.05) is 5.73 Å². The number of phenolic OH excluding ortho intramolecular Hbond substituents is 2. The van der Waals surface area contributed by atoms with Crippen molar-refractivity contribution in [1.82, 2.24) is 20.3 Å². The number of aromatic nitrogens is 4. The fourth-order valence-corrected chi connectivity index (χ4v) is 1.80. The molecule has 6 N–H and O–H groups in total. The van der Waals surface area contributed by atoms with Gasteiger partial charge in [-0.05, 0) is 22.4 Å². The highest BCUT2D eigenvalue weighted by atomic mass is 16.6. The Morgan fingerprint density at radius 1 is 1.14 bits per heavy atom. The molecule has 10 heteroatoms. The van der Waals surface area contributed by atoms with Gasteiger partial charge in [0.1, 0.15) is 22.9 Å². The quantitative estimate of drug-likeness (QED) is 0.281. The van der Waals surface area contributed by atoms with Crippen LogP contribution in [0.2, 0.25) is 0 Å². The first kappa shape index (κ1) is 12.6. The van der Waals surface area contributed by atoms with Crippen LogP contribution in [0.25, 0.3) is 11.3 Å². The molecule has 0 fully saturated rings. The number of nitrogen functional groups attached to an aromatic ring is 1. The molecule has 0 radical (unpaired) electrons. The topological polar surface area (TPSA) is 170 Å². The smallest absolute Gasteiger partial charge is 0.245 e. The second-order valence-corrected chi connectivity index (χ2v) is 4.05. The molecule has 0 atom stereocenters. The molecule has 106 valence electrons. The molecule has 0 spiro atoms. The first-order chi connectivity index (χ1) is 10.1. The van der Waals surface area contributed by atoms with Crippen molar-refractivity contribution in [1.29, 1.82) is 0 Å². The predicted octanol–water partition coefficient (Wildman–Crippen LogP) is -0.283. The van der Waals surface area contributed by atoms with Gasteiger partial charge in [0.25, 0.3) is 0 Å². The molecule has 0 aliphatic carbocycles. The molecule has 0 aliphatic heterocycles. The molecule has 0 saturated carbocycles. The van der Waals surface area contributed by atoms with Gasteiger partial charge in [0.05, 0.1) is 0 Å². The molecule has 0 aliphatic rings. The van der Waals surface area contributed by atoms with Crippen LogP contribution >= 0.6 is 0 Å². The second-order valence-electron chi connectivity index (χ2n) is 4.05. The van der Waals surface area contributed by atoms with Gasteiger partial charge >= 0.3 is 0 Å². The Kier molecular flexibility index (Phi) is 2.76. The highest BCUT2D eigenvalue weighted by Gasteiger charge is 2.19. The van der Waals surface area contributed by atoms with Crippen LogP contribution in [-0.4, -0.2) is 36.2 Å². The van der Waals surface area contributed by atoms with Gasteiger partial charge in [-0.2, -0.15) is 5.10 Å². The number of phenols is 2. The number of anilines is 1. The van der Waals surface area contributed by atoms with Crippen LogP contribution in [0.5, 0.6) is 11.5 Å². The van der Waals surface area contributed by atoms with E-state index in [9.17, 15) is 10.2 Å². The van der Waals surface area contributed by atoms with Crippen molar-refractivity contribution in [3.8, 4) is 11.5 Å². The molecule has 0 bridgehead atoms. The normalized spacial score (nSPS) is 11.9. The molecule has 0 saturated heterocycles. The van der Waals surface area contributed by atoms with E-state index in [0.29, 0.717) is 0 Å². The molecule has 2 heterocycles. The SMILES string of the molecule is NN=C(c1ccc(O)cc1O)c1nc2nonc2nc1N. The van der Waals surface area contributed by atoms with Crippen LogP contribution in [0, 0.1) is 0 Å². The molecule has 1 aromatic carbocycles. The maximum atomic E-state index is 9.89. The number of rotatable bonds is 2. The number of hydrogen-bond acceptors (Lipinski definition) is 10. The summed E-state index contributed by atoms with van der Waals surface area (Å²) in [5.74, 6) is 5.01. The third-order valence-electron chi connectivity index (χ3n) is 2.73. The van der Waals surface area contributed by atoms with E-state index in [1.54, 1.807) is 0 Å². The summed E-state index contributed by atoms with van der Waals surface area (Å²) in [4.78, 5) is 8.06. The van der Waals surface area contributed by atoms with E-state index in [1.165, 1.54) is 12.1 Å². The van der Waals surface area contributed by atoms with E-state index >= 15 is 0 Å². The van der Waals surface area contributed by atoms with E-state index in [4.69, 9.17) is 11.6 Å². The Morgan fingerprint density at radius 3 is 2.52 bits per heavy atom. The predicted molar refractivity (Wildman–Crippen MR) is 71.4 cm³/mol. The largest absolute Gasteiger partial charge is 0.508 e. The molecular weight excluding hydrogens is 278 g/mol. The Labute approximate surface area is 116 Å². The van der Waals surface area contributed by atoms with Crippen molar-refractivity contribution in [3.63, 3.8) is 0 Å². The summed E-state index contributed by atoms with van der Waals surface area (Å²) in [5, 5.41) is 29.9. The summed E-state index contributed by atoms with van der Waals surface area (Å²) in [6.07, 6.45) is 0. The lowest BCUT2D eigenvalue weighted by Crippen LogP contribution is -2.13. The van der Waals surface area contributed by atoms with Crippen LogP contribution in [0.3, 0.4) is 0 Å². The van der Waals surface area contributed by atoms with Gasteiger partial charge in [0.2, 0.25) is 11.3 Å². The lowest BCUT2D eigenvalue weighted by atomic mass is 10.1. The Balaban J connectivity index is 2.20. The van der Waals surface area contributed by atoms with E-state index in [-0.39, 0.29) is 45.6 Å². The first-order valence-electron chi connectivity index (χ1n) is 5.66. The summed E-state index contributed by atoms with van der Waals surface area (Å²) < 4.78 is 4.50. The van der Waals surface area contributed by atoms with Crippen LogP contribution in [0.4, 0.5) is 5.82 Å². The minimum atomic E-state index is -0.237. The van der Waals surface area contributed by atoms with Gasteiger partial charge in [-0.25, -0.2) is 14.6 Å². The lowest BCUT2D eigenvalue weighted by Gasteiger charge is -2.08. The summed E-state index contributed by atoms with van der Waals surface area (Å²) in [6.45, 7) is 0. The van der Waals surface area contributed by atoms with Gasteiger partial charge < -0.3 is 21.8 Å². The second kappa shape index (κ2) is 4.59. The third kappa shape index (κ3) is 2.04. The minimum Gasteiger partial charge on any atom is -0.508 e. The first-order valence-corrected chi connectivity index (χ1v) is 5.66. The zero-order valence-corrected chi connectivity index (χ0v) is 10.4. The molecule has 0 unspecified atom stereocenters. The van der Waals surface area contributed by atoms with Crippen LogP contribution in [0.1, 0.15) is 11.3 Å². The number of fused-ring (bicyclic) bond motifs is 1. The van der Waals surface area contributed by atoms with E-state index < -0.39 is 0 Å². The fraction of sp³-hybridized carbons (Fsp3) is 0. The van der Waals surface area contributed by atoms with Gasteiger partial charge in [-0.15, -0.1) is 0 Å². The maximum Gasteiger partial charge on any atom is 0.245 e. The average Bonchev–Trinajstić information content (AvgIpc) is 2.89. The fourth-order valence-electron chi connectivity index (χ4n) is 1.80. The number of nitrogens with two attached hydrogens (primary N) is 2. The number of benzene rings is 1. The van der Waals surface area contributed by atoms with Crippen molar-refractivity contribution < 1.29 is 14.8 Å². The standard InChI is InChI=1S/C11H9N7O3/c12-9-8(14-10-11(15-9)18-21-17-10)7(16-13)5-2-1-4(19)3-6(5)20/h1-3,19-20H,13H2,(H2,12,15,18). The summed E-state index contributed by atoms with van der Waals surface area (Å²) in [7, 11) is 0. The van der Waals surface area contributed by atoms with Crippen molar-refractivity contribution in [2.45, 2.75) is 0 Å². The highest BCUT2D eigenvalue weighted by molar-refractivity contribution is 6.15. The van der Waals surface area contributed by atoms with Crippen molar-refractivity contribution in [3.05, 3.63) is 29.5 Å². The number of aromatic hydroxyl groups is 2. The molecule has 21 heavy (non-hydrogen) atoms. The van der Waals surface area contributed by atoms with Gasteiger partial charge in [0, 0.05) is 11.6 Å². The van der Waals surface area contributed by atoms with E-state index in [2.05, 4.69) is 30.0 Å². The summed E-state index contributed by atoms with van der Waals surface area (Å²) >= 11 is 0. The summed E-state index contributed by atoms with van der Waals surface area (Å²) in [5.41, 5.74) is 6.48. The van der Waals surface area contributed by atoms with E-state index in [0.717, 1.165) is 6.07 Å². The van der Waals surface area contributed by atoms with Crippen molar-refractivity contribution >= 4 is 22.8 Å². The van der Waals surface area contributed by atoms with Gasteiger partial charge in [-0.1, -0.05) is 0 Å². The zero-order valence-electron chi connectivity index (χ0n) is 10.4. The lowest BCUT2D eigenvalue weighted by molar-refractivity contribution is 0.314. The zero-order chi connectivity index (χ0) is 15.0. The Morgan fingerprint density at radius 2 is 1.86 bits per heavy atom. The molecule has 2 aromatic heterocycles. The van der Waals surface area contributed by atoms with Crippen molar-refractivity contribution in [2.24, 2.45) is 10.9 Å². The molecule has 3 rings (SSSR count). The molecule has 3 aromatic rings.